The van der Waals surface area contributed by atoms with E-state index in [4.69, 9.17) is 16.7 Å². The molecule has 2 nitrogen and oxygen atoms in total. The lowest BCUT2D eigenvalue weighted by atomic mass is 10.1. The lowest BCUT2D eigenvalue weighted by Gasteiger charge is -2.03. The minimum atomic E-state index is -1.05. The second-order valence-electron chi connectivity index (χ2n) is 2.66. The van der Waals surface area contributed by atoms with E-state index >= 15 is 0 Å². The molecule has 0 amide bonds. The van der Waals surface area contributed by atoms with E-state index in [0.29, 0.717) is 11.8 Å². The summed E-state index contributed by atoms with van der Waals surface area (Å²) in [4.78, 5) is 10.1. The largest absolute Gasteiger partial charge is 0.385 e. The summed E-state index contributed by atoms with van der Waals surface area (Å²) in [5.41, 5.74) is 0.631. The topological polar surface area (TPSA) is 37.3 Å². The van der Waals surface area contributed by atoms with Gasteiger partial charge in [-0.1, -0.05) is 17.7 Å². The first-order chi connectivity index (χ1) is 6.13. The maximum Gasteiger partial charge on any atom is 0.148 e. The van der Waals surface area contributed by atoms with E-state index in [0.717, 1.165) is 0 Å². The van der Waals surface area contributed by atoms with Gasteiger partial charge in [0, 0.05) is 6.42 Å². The van der Waals surface area contributed by atoms with E-state index in [-0.39, 0.29) is 11.4 Å². The van der Waals surface area contributed by atoms with Gasteiger partial charge in [0.2, 0.25) is 0 Å². The maximum absolute atomic E-state index is 12.7. The van der Waals surface area contributed by atoms with Gasteiger partial charge in [0.15, 0.2) is 0 Å². The second-order valence-corrected chi connectivity index (χ2v) is 3.06. The molecule has 0 bridgehead atoms. The van der Waals surface area contributed by atoms with Gasteiger partial charge in [-0.05, 0) is 17.7 Å². The lowest BCUT2D eigenvalue weighted by Crippen LogP contribution is -2.11. The quantitative estimate of drug-likeness (QED) is 0.756. The minimum absolute atomic E-state index is 0.00408. The molecule has 0 saturated heterocycles. The summed E-state index contributed by atoms with van der Waals surface area (Å²) in [6, 6.07) is 4.08. The van der Waals surface area contributed by atoms with Crippen molar-refractivity contribution < 1.29 is 14.3 Å². The molecule has 4 heteroatoms. The van der Waals surface area contributed by atoms with E-state index in [9.17, 15) is 9.18 Å². The zero-order valence-electron chi connectivity index (χ0n) is 6.71. The number of carbonyl (C=O) groups excluding carboxylic acids is 1. The van der Waals surface area contributed by atoms with Gasteiger partial charge in [0.25, 0.3) is 0 Å². The molecule has 1 unspecified atom stereocenters. The first kappa shape index (κ1) is 10.2. The molecule has 0 heterocycles. The molecule has 1 N–H and O–H groups in total. The molecule has 0 aromatic heterocycles. The zero-order valence-corrected chi connectivity index (χ0v) is 7.46. The smallest absolute Gasteiger partial charge is 0.148 e. The van der Waals surface area contributed by atoms with E-state index in [1.165, 1.54) is 18.2 Å². The van der Waals surface area contributed by atoms with Crippen LogP contribution < -0.4 is 0 Å². The van der Waals surface area contributed by atoms with Gasteiger partial charge in [-0.25, -0.2) is 4.39 Å². The molecule has 0 saturated carbocycles. The molecule has 0 spiro atoms. The molecule has 1 aromatic carbocycles. The molecule has 1 aromatic rings. The van der Waals surface area contributed by atoms with Crippen LogP contribution in [0.4, 0.5) is 4.39 Å². The van der Waals surface area contributed by atoms with Crippen LogP contribution in [0.15, 0.2) is 18.2 Å². The number of aliphatic hydroxyl groups is 1. The highest BCUT2D eigenvalue weighted by atomic mass is 35.5. The van der Waals surface area contributed by atoms with Crippen molar-refractivity contribution in [2.45, 2.75) is 12.5 Å². The predicted molar refractivity (Wildman–Crippen MR) is 47.2 cm³/mol. The summed E-state index contributed by atoms with van der Waals surface area (Å²) in [5.74, 6) is -0.508. The molecule has 13 heavy (non-hydrogen) atoms. The van der Waals surface area contributed by atoms with E-state index in [2.05, 4.69) is 0 Å². The number of benzene rings is 1. The highest BCUT2D eigenvalue weighted by Crippen LogP contribution is 2.16. The van der Waals surface area contributed by atoms with Crippen LogP contribution in [0.3, 0.4) is 0 Å². The lowest BCUT2D eigenvalue weighted by molar-refractivity contribution is -0.114. The Morgan fingerprint density at radius 2 is 2.31 bits per heavy atom. The van der Waals surface area contributed by atoms with Crippen molar-refractivity contribution in [2.75, 3.05) is 0 Å². The number of aldehydes is 1. The first-order valence-corrected chi connectivity index (χ1v) is 4.08. The van der Waals surface area contributed by atoms with E-state index in [1.54, 1.807) is 0 Å². The van der Waals surface area contributed by atoms with Gasteiger partial charge in [-0.2, -0.15) is 0 Å². The zero-order chi connectivity index (χ0) is 9.84. The summed E-state index contributed by atoms with van der Waals surface area (Å²) in [6.07, 6.45) is -0.470. The van der Waals surface area contributed by atoms with Crippen molar-refractivity contribution in [3.05, 3.63) is 34.6 Å². The minimum Gasteiger partial charge on any atom is -0.385 e. The van der Waals surface area contributed by atoms with Crippen LogP contribution in [-0.4, -0.2) is 17.5 Å². The van der Waals surface area contributed by atoms with E-state index in [1.807, 2.05) is 0 Å². The van der Waals surface area contributed by atoms with Gasteiger partial charge >= 0.3 is 0 Å². The standard InChI is InChI=1S/C9H8ClFO2/c10-8-4-6(1-2-9(8)11)3-7(13)5-12/h1-2,4-5,7,13H,3H2. The Bertz CT molecular complexity index is 314. The Morgan fingerprint density at radius 1 is 1.62 bits per heavy atom. The van der Waals surface area contributed by atoms with Crippen LogP contribution in [0, 0.1) is 5.82 Å². The van der Waals surface area contributed by atoms with Crippen LogP contribution in [0.25, 0.3) is 0 Å². The number of hydrogen-bond acceptors (Lipinski definition) is 2. The number of rotatable bonds is 3. The molecular weight excluding hydrogens is 195 g/mol. The number of hydrogen-bond donors (Lipinski definition) is 1. The molecule has 0 aliphatic rings. The average Bonchev–Trinajstić information content (AvgIpc) is 2.11. The third-order valence-corrected chi connectivity index (χ3v) is 1.88. The third kappa shape index (κ3) is 2.79. The Balaban J connectivity index is 2.79. The third-order valence-electron chi connectivity index (χ3n) is 1.59. The van der Waals surface area contributed by atoms with Gasteiger partial charge in [0.05, 0.1) is 5.02 Å². The molecule has 1 rings (SSSR count). The SMILES string of the molecule is O=CC(O)Cc1ccc(F)c(Cl)c1. The van der Waals surface area contributed by atoms with Gasteiger partial charge in [0.1, 0.15) is 18.2 Å². The number of halogens is 2. The Labute approximate surface area is 80.0 Å². The summed E-state index contributed by atoms with van der Waals surface area (Å²) in [7, 11) is 0. The van der Waals surface area contributed by atoms with Gasteiger partial charge in [-0.15, -0.1) is 0 Å². The number of aliphatic hydroxyl groups excluding tert-OH is 1. The van der Waals surface area contributed by atoms with Crippen LogP contribution in [0.5, 0.6) is 0 Å². The van der Waals surface area contributed by atoms with Crippen LogP contribution in [0.1, 0.15) is 5.56 Å². The van der Waals surface area contributed by atoms with Gasteiger partial charge < -0.3 is 9.90 Å². The molecule has 1 atom stereocenters. The normalized spacial score (nSPS) is 12.5. The molecule has 0 aliphatic carbocycles. The molecule has 70 valence electrons. The Morgan fingerprint density at radius 3 is 2.85 bits per heavy atom. The highest BCUT2D eigenvalue weighted by Gasteiger charge is 2.05. The van der Waals surface area contributed by atoms with Gasteiger partial charge in [-0.3, -0.25) is 0 Å². The first-order valence-electron chi connectivity index (χ1n) is 3.71. The summed E-state index contributed by atoms with van der Waals surface area (Å²) < 4.78 is 12.7. The number of carbonyl (C=O) groups is 1. The molecule has 0 fully saturated rings. The molecule has 0 aliphatic heterocycles. The predicted octanol–water partition coefficient (Wildman–Crippen LogP) is 1.58. The Hall–Kier alpha value is -0.930. The van der Waals surface area contributed by atoms with Crippen molar-refractivity contribution in [1.29, 1.82) is 0 Å². The van der Waals surface area contributed by atoms with Crippen molar-refractivity contribution in [3.63, 3.8) is 0 Å². The summed E-state index contributed by atoms with van der Waals surface area (Å²) >= 11 is 5.50. The van der Waals surface area contributed by atoms with Crippen LogP contribution in [-0.2, 0) is 11.2 Å². The van der Waals surface area contributed by atoms with Crippen molar-refractivity contribution in [1.82, 2.24) is 0 Å². The molecular formula is C9H8ClFO2. The monoisotopic (exact) mass is 202 g/mol. The Kier molecular flexibility index (Phi) is 3.39. The fourth-order valence-corrected chi connectivity index (χ4v) is 1.16. The fourth-order valence-electron chi connectivity index (χ4n) is 0.956. The summed E-state index contributed by atoms with van der Waals surface area (Å²) in [6.45, 7) is 0. The van der Waals surface area contributed by atoms with Crippen molar-refractivity contribution in [3.8, 4) is 0 Å². The summed E-state index contributed by atoms with van der Waals surface area (Å²) in [5, 5.41) is 8.96. The average molecular weight is 203 g/mol. The second kappa shape index (κ2) is 4.35. The molecule has 0 radical (unpaired) electrons. The van der Waals surface area contributed by atoms with Crippen molar-refractivity contribution >= 4 is 17.9 Å². The van der Waals surface area contributed by atoms with E-state index < -0.39 is 11.9 Å². The highest BCUT2D eigenvalue weighted by molar-refractivity contribution is 6.30. The fraction of sp³-hybridized carbons (Fsp3) is 0.222. The van der Waals surface area contributed by atoms with Crippen molar-refractivity contribution in [2.24, 2.45) is 0 Å². The van der Waals surface area contributed by atoms with Crippen LogP contribution >= 0.6 is 11.6 Å². The van der Waals surface area contributed by atoms with Crippen LogP contribution in [0.2, 0.25) is 5.02 Å². The maximum atomic E-state index is 12.7.